The predicted octanol–water partition coefficient (Wildman–Crippen LogP) is 2.72. The third-order valence-corrected chi connectivity index (χ3v) is 5.72. The normalized spacial score (nSPS) is 28.7. The summed E-state index contributed by atoms with van der Waals surface area (Å²) in [5.74, 6) is 0. The van der Waals surface area contributed by atoms with Gasteiger partial charge in [-0.3, -0.25) is 4.90 Å². The van der Waals surface area contributed by atoms with Crippen LogP contribution in [0.3, 0.4) is 0 Å². The molecule has 5 heteroatoms. The Bertz CT molecular complexity index is 407. The molecule has 1 aliphatic carbocycles. The van der Waals surface area contributed by atoms with E-state index >= 15 is 0 Å². The summed E-state index contributed by atoms with van der Waals surface area (Å²) in [6.07, 6.45) is 2.69. The maximum absolute atomic E-state index is 4.76. The van der Waals surface area contributed by atoms with E-state index in [2.05, 4.69) is 41.2 Å². The lowest BCUT2D eigenvalue weighted by molar-refractivity contribution is 0.260. The van der Waals surface area contributed by atoms with Crippen molar-refractivity contribution in [1.29, 1.82) is 0 Å². The summed E-state index contributed by atoms with van der Waals surface area (Å²) in [6.45, 7) is 9.04. The molecule has 1 saturated heterocycles. The molecule has 2 unspecified atom stereocenters. The maximum atomic E-state index is 4.76. The number of thioether (sulfide) groups is 1. The second-order valence-corrected chi connectivity index (χ2v) is 8.66. The molecular formula is C14H23N3S2. The van der Waals surface area contributed by atoms with Crippen LogP contribution >= 0.6 is 23.1 Å². The standard InChI is InChI=1S/C14H23N3S2/c1-10-6-17(7-11(2)19-10)8-13-9-18-14(16-13)5-15-12-3-4-12/h9-12,15H,3-8H2,1-2H3. The molecule has 0 bridgehead atoms. The average Bonchev–Trinajstić information content (AvgIpc) is 3.06. The van der Waals surface area contributed by atoms with Crippen molar-refractivity contribution in [1.82, 2.24) is 15.2 Å². The topological polar surface area (TPSA) is 28.2 Å². The summed E-state index contributed by atoms with van der Waals surface area (Å²) in [5, 5.41) is 8.51. The summed E-state index contributed by atoms with van der Waals surface area (Å²) >= 11 is 3.91. The molecule has 2 fully saturated rings. The molecule has 3 nitrogen and oxygen atoms in total. The van der Waals surface area contributed by atoms with Gasteiger partial charge in [0.2, 0.25) is 0 Å². The second-order valence-electron chi connectivity index (χ2n) is 5.84. The Morgan fingerprint density at radius 2 is 2.05 bits per heavy atom. The van der Waals surface area contributed by atoms with Gasteiger partial charge >= 0.3 is 0 Å². The average molecular weight is 297 g/mol. The minimum atomic E-state index is 0.749. The summed E-state index contributed by atoms with van der Waals surface area (Å²) in [7, 11) is 0. The number of nitrogens with zero attached hydrogens (tertiary/aromatic N) is 2. The first-order chi connectivity index (χ1) is 9.19. The van der Waals surface area contributed by atoms with Gasteiger partial charge in [-0.2, -0.15) is 11.8 Å². The van der Waals surface area contributed by atoms with E-state index in [0.29, 0.717) is 0 Å². The van der Waals surface area contributed by atoms with Crippen molar-refractivity contribution in [2.75, 3.05) is 13.1 Å². The van der Waals surface area contributed by atoms with Gasteiger partial charge in [0.05, 0.1) is 5.69 Å². The smallest absolute Gasteiger partial charge is 0.107 e. The number of rotatable bonds is 5. The lowest BCUT2D eigenvalue weighted by Crippen LogP contribution is -2.39. The van der Waals surface area contributed by atoms with E-state index in [0.717, 1.165) is 29.6 Å². The van der Waals surface area contributed by atoms with Crippen LogP contribution in [-0.2, 0) is 13.1 Å². The molecule has 0 amide bonds. The highest BCUT2D eigenvalue weighted by Gasteiger charge is 2.23. The Kier molecular flexibility index (Phi) is 4.47. The first-order valence-electron chi connectivity index (χ1n) is 7.23. The molecule has 1 saturated carbocycles. The van der Waals surface area contributed by atoms with Crippen LogP contribution in [0.2, 0.25) is 0 Å². The minimum Gasteiger partial charge on any atom is -0.308 e. The van der Waals surface area contributed by atoms with E-state index < -0.39 is 0 Å². The van der Waals surface area contributed by atoms with Crippen LogP contribution in [0.1, 0.15) is 37.4 Å². The predicted molar refractivity (Wildman–Crippen MR) is 83.8 cm³/mol. The van der Waals surface area contributed by atoms with E-state index in [-0.39, 0.29) is 0 Å². The molecule has 1 aromatic heterocycles. The largest absolute Gasteiger partial charge is 0.308 e. The molecule has 1 aromatic rings. The monoisotopic (exact) mass is 297 g/mol. The van der Waals surface area contributed by atoms with Gasteiger partial charge in [0.15, 0.2) is 0 Å². The van der Waals surface area contributed by atoms with Gasteiger partial charge in [0, 0.05) is 48.1 Å². The van der Waals surface area contributed by atoms with Crippen molar-refractivity contribution in [3.05, 3.63) is 16.1 Å². The molecule has 1 aliphatic heterocycles. The third kappa shape index (κ3) is 4.18. The molecule has 2 aliphatic rings. The fourth-order valence-corrected chi connectivity index (χ4v) is 4.79. The Morgan fingerprint density at radius 1 is 1.32 bits per heavy atom. The van der Waals surface area contributed by atoms with Crippen molar-refractivity contribution in [2.45, 2.75) is 56.3 Å². The number of thiazole rings is 1. The van der Waals surface area contributed by atoms with Crippen LogP contribution in [-0.4, -0.2) is 39.5 Å². The molecule has 19 heavy (non-hydrogen) atoms. The number of nitrogens with one attached hydrogen (secondary N) is 1. The van der Waals surface area contributed by atoms with Crippen LogP contribution in [0.5, 0.6) is 0 Å². The zero-order valence-electron chi connectivity index (χ0n) is 11.8. The maximum Gasteiger partial charge on any atom is 0.107 e. The lowest BCUT2D eigenvalue weighted by atomic mass is 10.3. The van der Waals surface area contributed by atoms with E-state index in [1.165, 1.54) is 36.6 Å². The Morgan fingerprint density at radius 3 is 2.74 bits per heavy atom. The lowest BCUT2D eigenvalue weighted by Gasteiger charge is -2.34. The second kappa shape index (κ2) is 6.12. The number of hydrogen-bond acceptors (Lipinski definition) is 5. The van der Waals surface area contributed by atoms with Crippen molar-refractivity contribution in [3.63, 3.8) is 0 Å². The molecular weight excluding hydrogens is 274 g/mol. The number of hydrogen-bond donors (Lipinski definition) is 1. The summed E-state index contributed by atoms with van der Waals surface area (Å²) < 4.78 is 0. The van der Waals surface area contributed by atoms with Crippen molar-refractivity contribution >= 4 is 23.1 Å². The van der Waals surface area contributed by atoms with Gasteiger partial charge in [-0.25, -0.2) is 4.98 Å². The van der Waals surface area contributed by atoms with E-state index in [9.17, 15) is 0 Å². The zero-order valence-corrected chi connectivity index (χ0v) is 13.4. The summed E-state index contributed by atoms with van der Waals surface area (Å²) in [5.41, 5.74) is 1.25. The van der Waals surface area contributed by atoms with Crippen molar-refractivity contribution in [3.8, 4) is 0 Å². The van der Waals surface area contributed by atoms with Crippen LogP contribution in [0.15, 0.2) is 5.38 Å². The van der Waals surface area contributed by atoms with Crippen LogP contribution < -0.4 is 5.32 Å². The van der Waals surface area contributed by atoms with E-state index in [1.807, 2.05) is 0 Å². The molecule has 106 valence electrons. The Hall–Kier alpha value is -0.100. The first kappa shape index (κ1) is 13.9. The summed E-state index contributed by atoms with van der Waals surface area (Å²) in [4.78, 5) is 7.32. The highest BCUT2D eigenvalue weighted by molar-refractivity contribution is 8.00. The van der Waals surface area contributed by atoms with Crippen LogP contribution in [0, 0.1) is 0 Å². The molecule has 0 aromatic carbocycles. The highest BCUT2D eigenvalue weighted by atomic mass is 32.2. The quantitative estimate of drug-likeness (QED) is 0.904. The Labute approximate surface area is 124 Å². The molecule has 0 spiro atoms. The van der Waals surface area contributed by atoms with Gasteiger partial charge in [-0.05, 0) is 12.8 Å². The van der Waals surface area contributed by atoms with E-state index in [4.69, 9.17) is 4.98 Å². The highest BCUT2D eigenvalue weighted by Crippen LogP contribution is 2.26. The molecule has 0 radical (unpaired) electrons. The van der Waals surface area contributed by atoms with Crippen molar-refractivity contribution in [2.24, 2.45) is 0 Å². The fourth-order valence-electron chi connectivity index (χ4n) is 2.66. The van der Waals surface area contributed by atoms with Gasteiger partial charge in [-0.15, -0.1) is 11.3 Å². The first-order valence-corrected chi connectivity index (χ1v) is 9.06. The molecule has 2 heterocycles. The Balaban J connectivity index is 1.51. The summed E-state index contributed by atoms with van der Waals surface area (Å²) in [6, 6.07) is 0.771. The van der Waals surface area contributed by atoms with Gasteiger partial charge in [-0.1, -0.05) is 13.8 Å². The minimum absolute atomic E-state index is 0.749. The third-order valence-electron chi connectivity index (χ3n) is 3.60. The van der Waals surface area contributed by atoms with Crippen LogP contribution in [0.25, 0.3) is 0 Å². The van der Waals surface area contributed by atoms with E-state index in [1.54, 1.807) is 11.3 Å². The molecule has 3 rings (SSSR count). The van der Waals surface area contributed by atoms with Gasteiger partial charge in [0.1, 0.15) is 5.01 Å². The fraction of sp³-hybridized carbons (Fsp3) is 0.786. The number of aromatic nitrogens is 1. The zero-order chi connectivity index (χ0) is 13.2. The van der Waals surface area contributed by atoms with Crippen molar-refractivity contribution < 1.29 is 0 Å². The van der Waals surface area contributed by atoms with Crippen LogP contribution in [0.4, 0.5) is 0 Å². The molecule has 2 atom stereocenters. The van der Waals surface area contributed by atoms with Gasteiger partial charge in [0.25, 0.3) is 0 Å². The van der Waals surface area contributed by atoms with Gasteiger partial charge < -0.3 is 5.32 Å². The SMILES string of the molecule is CC1CN(Cc2csc(CNC3CC3)n2)CC(C)S1. The molecule has 1 N–H and O–H groups in total.